The van der Waals surface area contributed by atoms with E-state index >= 15 is 0 Å². The summed E-state index contributed by atoms with van der Waals surface area (Å²) in [5.74, 6) is 0.733. The van der Waals surface area contributed by atoms with E-state index in [1.165, 1.54) is 76.4 Å². The number of fused-ring (bicyclic) bond motifs is 11. The van der Waals surface area contributed by atoms with E-state index < -0.39 is 0 Å². The highest BCUT2D eigenvalue weighted by Crippen LogP contribution is 2.50. The molecule has 0 atom stereocenters. The van der Waals surface area contributed by atoms with Crippen LogP contribution in [0.3, 0.4) is 0 Å². The Morgan fingerprint density at radius 2 is 1.15 bits per heavy atom. The monoisotopic (exact) mass is 661 g/mol. The van der Waals surface area contributed by atoms with Crippen LogP contribution in [0.15, 0.2) is 152 Å². The highest BCUT2D eigenvalue weighted by atomic mass is 14.9. The van der Waals surface area contributed by atoms with Crippen molar-refractivity contribution in [1.29, 1.82) is 0 Å². The van der Waals surface area contributed by atoms with Crippen LogP contribution in [0.2, 0.25) is 0 Å². The molecule has 3 heterocycles. The van der Waals surface area contributed by atoms with Crippen molar-refractivity contribution in [3.05, 3.63) is 163 Å². The highest BCUT2D eigenvalue weighted by molar-refractivity contribution is 6.29. The van der Waals surface area contributed by atoms with Crippen LogP contribution in [0.5, 0.6) is 0 Å². The Hall–Kier alpha value is -6.58. The molecule has 52 heavy (non-hydrogen) atoms. The zero-order valence-electron chi connectivity index (χ0n) is 28.8. The summed E-state index contributed by atoms with van der Waals surface area (Å²) in [6.07, 6.45) is 0. The second kappa shape index (κ2) is 9.80. The zero-order valence-corrected chi connectivity index (χ0v) is 28.8. The second-order valence-electron chi connectivity index (χ2n) is 15.0. The van der Waals surface area contributed by atoms with Crippen molar-refractivity contribution in [3.8, 4) is 33.8 Å². The van der Waals surface area contributed by atoms with Crippen molar-refractivity contribution in [2.45, 2.75) is 19.3 Å². The normalized spacial score (nSPS) is 13.7. The molecule has 0 spiro atoms. The largest absolute Gasteiger partial charge is 0.307 e. The molecule has 11 aromatic rings. The molecular formula is C49H31N3. The lowest BCUT2D eigenvalue weighted by Crippen LogP contribution is -2.14. The third kappa shape index (κ3) is 3.55. The average molecular weight is 662 g/mol. The van der Waals surface area contributed by atoms with Gasteiger partial charge in [0.05, 0.1) is 27.8 Å². The van der Waals surface area contributed by atoms with E-state index in [2.05, 4.69) is 170 Å². The maximum atomic E-state index is 5.57. The number of pyridine rings is 1. The number of aromatic nitrogens is 3. The van der Waals surface area contributed by atoms with Gasteiger partial charge in [0.1, 0.15) is 0 Å². The van der Waals surface area contributed by atoms with E-state index in [4.69, 9.17) is 9.97 Å². The van der Waals surface area contributed by atoms with E-state index in [0.29, 0.717) is 0 Å². The standard InChI is InChI=1S/C49H31N3/c1-49(2)40-19-7-5-14-32(40)38-26-31(22-24-41(38)49)45-39-25-29-11-3-4-12-30(29)27-42(39)50-48(51-45)37-18-10-17-35-36-23-21-28-13-9-16-34-33-15-6-8-20-43(33)52(46(35)37)47(36)44(28)34/h3-27H,1-2H3. The third-order valence-electron chi connectivity index (χ3n) is 11.9. The van der Waals surface area contributed by atoms with Crippen LogP contribution in [0.4, 0.5) is 0 Å². The fraction of sp³-hybridized carbons (Fsp3) is 0.0612. The summed E-state index contributed by atoms with van der Waals surface area (Å²) >= 11 is 0. The molecule has 0 radical (unpaired) electrons. The highest BCUT2D eigenvalue weighted by Gasteiger charge is 2.35. The number of hydrogen-bond acceptors (Lipinski definition) is 2. The zero-order chi connectivity index (χ0) is 34.3. The molecule has 0 saturated heterocycles. The molecule has 0 unspecified atom stereocenters. The molecule has 3 aromatic heterocycles. The minimum Gasteiger partial charge on any atom is -0.307 e. The molecule has 0 N–H and O–H groups in total. The topological polar surface area (TPSA) is 30.2 Å². The summed E-state index contributed by atoms with van der Waals surface area (Å²) in [6, 6.07) is 55.6. The van der Waals surface area contributed by atoms with E-state index in [1.54, 1.807) is 0 Å². The van der Waals surface area contributed by atoms with Crippen molar-refractivity contribution in [1.82, 2.24) is 14.4 Å². The quantitative estimate of drug-likeness (QED) is 0.136. The third-order valence-corrected chi connectivity index (χ3v) is 11.9. The van der Waals surface area contributed by atoms with Gasteiger partial charge in [-0.2, -0.15) is 0 Å². The van der Waals surface area contributed by atoms with E-state index in [9.17, 15) is 0 Å². The summed E-state index contributed by atoms with van der Waals surface area (Å²) in [4.78, 5) is 11.0. The fourth-order valence-electron chi connectivity index (χ4n) is 9.49. The molecule has 1 aliphatic carbocycles. The molecule has 0 bridgehead atoms. The Morgan fingerprint density at radius 1 is 0.462 bits per heavy atom. The Bertz CT molecular complexity index is 3330. The van der Waals surface area contributed by atoms with Crippen molar-refractivity contribution >= 4 is 70.5 Å². The number of para-hydroxylation sites is 2. The van der Waals surface area contributed by atoms with Crippen molar-refractivity contribution in [2.75, 3.05) is 0 Å². The average Bonchev–Trinajstić information content (AvgIpc) is 3.65. The first-order valence-electron chi connectivity index (χ1n) is 18.1. The van der Waals surface area contributed by atoms with Crippen LogP contribution in [0.1, 0.15) is 25.0 Å². The predicted octanol–water partition coefficient (Wildman–Crippen LogP) is 12.7. The Balaban J connectivity index is 1.21. The van der Waals surface area contributed by atoms with E-state index in [1.807, 2.05) is 0 Å². The van der Waals surface area contributed by atoms with Gasteiger partial charge in [-0.05, 0) is 74.1 Å². The molecule has 1 aliphatic rings. The van der Waals surface area contributed by atoms with Gasteiger partial charge in [-0.3, -0.25) is 0 Å². The number of rotatable bonds is 2. The lowest BCUT2D eigenvalue weighted by molar-refractivity contribution is 0.660. The van der Waals surface area contributed by atoms with Gasteiger partial charge in [-0.15, -0.1) is 0 Å². The molecule has 3 nitrogen and oxygen atoms in total. The maximum Gasteiger partial charge on any atom is 0.162 e. The van der Waals surface area contributed by atoms with Gasteiger partial charge >= 0.3 is 0 Å². The minimum atomic E-state index is -0.0616. The van der Waals surface area contributed by atoms with Gasteiger partial charge in [-0.25, -0.2) is 9.97 Å². The summed E-state index contributed by atoms with van der Waals surface area (Å²) in [7, 11) is 0. The first-order chi connectivity index (χ1) is 25.5. The maximum absolute atomic E-state index is 5.57. The number of hydrogen-bond donors (Lipinski definition) is 0. The van der Waals surface area contributed by atoms with Crippen LogP contribution in [-0.2, 0) is 5.41 Å². The van der Waals surface area contributed by atoms with Crippen molar-refractivity contribution in [3.63, 3.8) is 0 Å². The van der Waals surface area contributed by atoms with Gasteiger partial charge in [0.15, 0.2) is 5.82 Å². The molecule has 242 valence electrons. The first kappa shape index (κ1) is 28.2. The van der Waals surface area contributed by atoms with Gasteiger partial charge in [0.25, 0.3) is 0 Å². The van der Waals surface area contributed by atoms with Crippen molar-refractivity contribution < 1.29 is 0 Å². The minimum absolute atomic E-state index is 0.0616. The SMILES string of the molecule is CC1(C)c2ccccc2-c2cc(-c3nc(-c4cccc5c6ccc7cccc8c9ccccc9n(c45)c6c78)nc4cc5ccccc5cc34)ccc21. The van der Waals surface area contributed by atoms with E-state index in [-0.39, 0.29) is 5.41 Å². The molecule has 0 aliphatic heterocycles. The molecule has 8 aromatic carbocycles. The molecule has 12 rings (SSSR count). The lowest BCUT2D eigenvalue weighted by atomic mass is 9.82. The predicted molar refractivity (Wildman–Crippen MR) is 218 cm³/mol. The molecule has 0 amide bonds. The Labute approximate surface area is 299 Å². The van der Waals surface area contributed by atoms with Crippen LogP contribution >= 0.6 is 0 Å². The van der Waals surface area contributed by atoms with Gasteiger partial charge in [-0.1, -0.05) is 135 Å². The molecule has 0 saturated carbocycles. The van der Waals surface area contributed by atoms with Gasteiger partial charge < -0.3 is 4.40 Å². The van der Waals surface area contributed by atoms with Gasteiger partial charge in [0, 0.05) is 43.5 Å². The summed E-state index contributed by atoms with van der Waals surface area (Å²) in [6.45, 7) is 4.67. The molecular weight excluding hydrogens is 631 g/mol. The van der Waals surface area contributed by atoms with E-state index in [0.717, 1.165) is 39.1 Å². The van der Waals surface area contributed by atoms with Crippen LogP contribution < -0.4 is 0 Å². The number of benzene rings is 8. The van der Waals surface area contributed by atoms with Gasteiger partial charge in [0.2, 0.25) is 0 Å². The van der Waals surface area contributed by atoms with Crippen molar-refractivity contribution in [2.24, 2.45) is 0 Å². The van der Waals surface area contributed by atoms with Crippen LogP contribution in [0.25, 0.3) is 104 Å². The van der Waals surface area contributed by atoms with Crippen LogP contribution in [-0.4, -0.2) is 14.4 Å². The summed E-state index contributed by atoms with van der Waals surface area (Å²) in [5.41, 5.74) is 12.9. The van der Waals surface area contributed by atoms with Crippen LogP contribution in [0, 0.1) is 0 Å². The Kier molecular flexibility index (Phi) is 5.31. The summed E-state index contributed by atoms with van der Waals surface area (Å²) < 4.78 is 2.48. The summed E-state index contributed by atoms with van der Waals surface area (Å²) in [5, 5.41) is 11.0. The molecule has 3 heteroatoms. The molecule has 0 fully saturated rings. The number of nitrogens with zero attached hydrogens (tertiary/aromatic N) is 3. The first-order valence-corrected chi connectivity index (χ1v) is 18.1. The lowest BCUT2D eigenvalue weighted by Gasteiger charge is -2.21. The smallest absolute Gasteiger partial charge is 0.162 e. The fourth-order valence-corrected chi connectivity index (χ4v) is 9.49. The second-order valence-corrected chi connectivity index (χ2v) is 15.0. The Morgan fingerprint density at radius 3 is 2.08 bits per heavy atom.